The fourth-order valence-corrected chi connectivity index (χ4v) is 5.64. The number of urea groups is 1. The van der Waals surface area contributed by atoms with Gasteiger partial charge in [-0.2, -0.15) is 13.2 Å². The molecule has 4 rings (SSSR count). The van der Waals surface area contributed by atoms with Crippen LogP contribution in [0.4, 0.5) is 18.0 Å². The van der Waals surface area contributed by atoms with Gasteiger partial charge in [0.2, 0.25) is 0 Å². The molecule has 2 aromatic rings. The van der Waals surface area contributed by atoms with Crippen LogP contribution in [-0.4, -0.2) is 68.1 Å². The van der Waals surface area contributed by atoms with Gasteiger partial charge in [-0.15, -0.1) is 0 Å². The maximum Gasteiger partial charge on any atom is 0.490 e. The topological polar surface area (TPSA) is 100 Å². The second-order valence-electron chi connectivity index (χ2n) is 10.1. The monoisotopic (exact) mass is 551 g/mol. The van der Waals surface area contributed by atoms with Gasteiger partial charge in [0.05, 0.1) is 14.2 Å². The first kappa shape index (κ1) is 30.1. The van der Waals surface area contributed by atoms with Gasteiger partial charge in [-0.05, 0) is 69.5 Å². The van der Waals surface area contributed by atoms with Gasteiger partial charge in [0.25, 0.3) is 0 Å². The van der Waals surface area contributed by atoms with Gasteiger partial charge in [-0.1, -0.05) is 35.9 Å². The van der Waals surface area contributed by atoms with Crippen LogP contribution in [0.5, 0.6) is 11.5 Å². The van der Waals surface area contributed by atoms with Crippen molar-refractivity contribution in [3.8, 4) is 11.5 Å². The van der Waals surface area contributed by atoms with Gasteiger partial charge in [0.15, 0.2) is 11.5 Å². The summed E-state index contributed by atoms with van der Waals surface area (Å²) in [5.74, 6) is -1.22. The molecule has 2 aromatic carbocycles. The molecule has 2 amide bonds. The number of benzene rings is 2. The summed E-state index contributed by atoms with van der Waals surface area (Å²) in [6.07, 6.45) is -1.00. The Bertz CT molecular complexity index is 1160. The second kappa shape index (κ2) is 12.6. The van der Waals surface area contributed by atoms with Crippen molar-refractivity contribution < 1.29 is 37.3 Å². The minimum Gasteiger partial charge on any atom is -0.493 e. The number of likely N-dealkylation sites (tertiary alicyclic amines) is 1. The summed E-state index contributed by atoms with van der Waals surface area (Å²) >= 11 is 0. The number of aliphatic carboxylic acids is 1. The molecule has 0 spiro atoms. The normalized spacial score (nSPS) is 22.6. The van der Waals surface area contributed by atoms with E-state index in [0.29, 0.717) is 12.6 Å². The third kappa shape index (κ3) is 7.35. The number of ether oxygens (including phenoxy) is 2. The number of hydrogen-bond acceptors (Lipinski definition) is 5. The lowest BCUT2D eigenvalue weighted by molar-refractivity contribution is -0.192. The summed E-state index contributed by atoms with van der Waals surface area (Å²) in [5, 5.41) is 13.4. The Morgan fingerprint density at radius 2 is 1.79 bits per heavy atom. The number of nitrogens with one attached hydrogen (secondary N) is 2. The highest BCUT2D eigenvalue weighted by atomic mass is 19.4. The highest BCUT2D eigenvalue weighted by molar-refractivity contribution is 5.74. The third-order valence-corrected chi connectivity index (χ3v) is 7.60. The molecule has 1 heterocycles. The largest absolute Gasteiger partial charge is 0.493 e. The Kier molecular flexibility index (Phi) is 9.71. The molecular weight excluding hydrogens is 515 g/mol. The number of carboxylic acid groups (broad SMARTS) is 1. The highest BCUT2D eigenvalue weighted by Gasteiger charge is 2.50. The number of halogens is 3. The zero-order valence-electron chi connectivity index (χ0n) is 22.6. The van der Waals surface area contributed by atoms with E-state index in [0.717, 1.165) is 49.3 Å². The van der Waals surface area contributed by atoms with E-state index >= 15 is 0 Å². The molecule has 3 N–H and O–H groups in total. The number of aryl methyl sites for hydroxylation is 1. The van der Waals surface area contributed by atoms with Gasteiger partial charge >= 0.3 is 18.2 Å². The van der Waals surface area contributed by atoms with Crippen molar-refractivity contribution >= 4 is 12.0 Å². The van der Waals surface area contributed by atoms with Crippen LogP contribution in [0.15, 0.2) is 42.5 Å². The van der Waals surface area contributed by atoms with Crippen molar-refractivity contribution in [3.05, 3.63) is 59.2 Å². The summed E-state index contributed by atoms with van der Waals surface area (Å²) in [6, 6.07) is 15.1. The Morgan fingerprint density at radius 1 is 1.10 bits per heavy atom. The van der Waals surface area contributed by atoms with Crippen LogP contribution in [0.2, 0.25) is 0 Å². The lowest BCUT2D eigenvalue weighted by Gasteiger charge is -2.45. The summed E-state index contributed by atoms with van der Waals surface area (Å²) in [5.41, 5.74) is 3.72. The van der Waals surface area contributed by atoms with E-state index < -0.39 is 12.1 Å². The number of rotatable bonds is 6. The van der Waals surface area contributed by atoms with Gasteiger partial charge in [-0.25, -0.2) is 9.59 Å². The summed E-state index contributed by atoms with van der Waals surface area (Å²) in [4.78, 5) is 23.9. The number of carbonyl (C=O) groups is 2. The van der Waals surface area contributed by atoms with Crippen LogP contribution in [0, 0.1) is 6.92 Å². The molecule has 2 aliphatic rings. The number of methoxy groups -OCH3 is 2. The van der Waals surface area contributed by atoms with E-state index in [-0.39, 0.29) is 17.5 Å². The Balaban J connectivity index is 0.000000532. The van der Waals surface area contributed by atoms with E-state index in [2.05, 4.69) is 53.8 Å². The summed E-state index contributed by atoms with van der Waals surface area (Å²) in [6.45, 7) is 3.67. The maximum atomic E-state index is 12.6. The zero-order valence-corrected chi connectivity index (χ0v) is 22.6. The first-order chi connectivity index (χ1) is 18.4. The van der Waals surface area contributed by atoms with Crippen molar-refractivity contribution in [2.45, 2.75) is 62.8 Å². The molecule has 0 bridgehead atoms. The van der Waals surface area contributed by atoms with E-state index in [1.807, 2.05) is 18.2 Å². The third-order valence-electron chi connectivity index (χ3n) is 7.60. The molecule has 0 aromatic heterocycles. The average Bonchev–Trinajstić information content (AvgIpc) is 3.23. The van der Waals surface area contributed by atoms with Gasteiger partial charge in [-0.3, -0.25) is 0 Å². The van der Waals surface area contributed by atoms with Crippen LogP contribution in [0.1, 0.15) is 42.4 Å². The fourth-order valence-electron chi connectivity index (χ4n) is 5.64. The van der Waals surface area contributed by atoms with Crippen molar-refractivity contribution in [3.63, 3.8) is 0 Å². The number of hydrogen-bond donors (Lipinski definition) is 3. The van der Waals surface area contributed by atoms with Crippen LogP contribution in [-0.2, 0) is 16.8 Å². The number of amides is 2. The maximum absolute atomic E-state index is 12.6. The molecule has 3 atom stereocenters. The number of likely N-dealkylation sites (N-methyl/N-ethyl adjacent to an activating group) is 1. The lowest BCUT2D eigenvalue weighted by Crippen LogP contribution is -2.53. The van der Waals surface area contributed by atoms with Crippen molar-refractivity contribution in [2.24, 2.45) is 0 Å². The number of alkyl halides is 3. The van der Waals surface area contributed by atoms with Crippen LogP contribution >= 0.6 is 0 Å². The quantitative estimate of drug-likeness (QED) is 0.484. The molecule has 3 unspecified atom stereocenters. The molecule has 39 heavy (non-hydrogen) atoms. The molecule has 1 aliphatic heterocycles. The highest BCUT2D eigenvalue weighted by Crippen LogP contribution is 2.49. The zero-order chi connectivity index (χ0) is 28.8. The smallest absolute Gasteiger partial charge is 0.490 e. The summed E-state index contributed by atoms with van der Waals surface area (Å²) in [7, 11) is 5.56. The van der Waals surface area contributed by atoms with E-state index in [4.69, 9.17) is 19.4 Å². The van der Waals surface area contributed by atoms with Crippen LogP contribution in [0.3, 0.4) is 0 Å². The van der Waals surface area contributed by atoms with Crippen molar-refractivity contribution in [2.75, 3.05) is 27.8 Å². The van der Waals surface area contributed by atoms with Gasteiger partial charge in [0.1, 0.15) is 0 Å². The second-order valence-corrected chi connectivity index (χ2v) is 10.1. The van der Waals surface area contributed by atoms with E-state index in [1.165, 1.54) is 11.1 Å². The Labute approximate surface area is 226 Å². The average molecular weight is 552 g/mol. The minimum absolute atomic E-state index is 0.0872. The predicted molar refractivity (Wildman–Crippen MR) is 140 cm³/mol. The first-order valence-corrected chi connectivity index (χ1v) is 12.7. The molecule has 1 saturated carbocycles. The molecule has 1 aliphatic carbocycles. The number of fused-ring (bicyclic) bond motifs is 1. The molecule has 1 saturated heterocycles. The van der Waals surface area contributed by atoms with Crippen molar-refractivity contribution in [1.82, 2.24) is 15.5 Å². The predicted octanol–water partition coefficient (Wildman–Crippen LogP) is 4.64. The Morgan fingerprint density at radius 3 is 2.41 bits per heavy atom. The molecule has 0 radical (unpaired) electrons. The first-order valence-electron chi connectivity index (χ1n) is 12.7. The molecule has 2 fully saturated rings. The Hall–Kier alpha value is -3.47. The van der Waals surface area contributed by atoms with Crippen LogP contribution < -0.4 is 20.1 Å². The van der Waals surface area contributed by atoms with E-state index in [1.54, 1.807) is 14.2 Å². The minimum atomic E-state index is -5.08. The molecule has 11 heteroatoms. The molecule has 214 valence electrons. The van der Waals surface area contributed by atoms with Gasteiger partial charge in [0, 0.05) is 24.0 Å². The van der Waals surface area contributed by atoms with E-state index in [9.17, 15) is 18.0 Å². The fraction of sp³-hybridized carbons (Fsp3) is 0.500. The van der Waals surface area contributed by atoms with Crippen molar-refractivity contribution in [1.29, 1.82) is 0 Å². The number of carbonyl (C=O) groups excluding carboxylic acids is 1. The lowest BCUT2D eigenvalue weighted by atomic mass is 9.65. The standard InChI is InChI=1S/C26H35N3O3.C2HF3O2/c1-18-6-5-7-19(14-18)17-27-25(30)28-21-10-11-26(12-13-29(2)24(26)16-21)20-8-9-22(31-3)23(15-20)32-4;3-2(4,5)1(6)7/h5-9,14-15,21,24H,10-13,16-17H2,1-4H3,(H2,27,28,30);(H,6,7). The SMILES string of the molecule is COc1ccc(C23CCC(NC(=O)NCc4cccc(C)c4)CC2N(C)CC3)cc1OC.O=C(O)C(F)(F)F. The summed E-state index contributed by atoms with van der Waals surface area (Å²) < 4.78 is 42.8. The molecule has 8 nitrogen and oxygen atoms in total. The van der Waals surface area contributed by atoms with Crippen LogP contribution in [0.25, 0.3) is 0 Å². The number of nitrogens with zero attached hydrogens (tertiary/aromatic N) is 1. The van der Waals surface area contributed by atoms with Gasteiger partial charge < -0.3 is 30.1 Å². The molecular formula is C28H36F3N3O5. The number of carboxylic acids is 1.